The Hall–Kier alpha value is -0.820. The molecule has 0 N–H and O–H groups in total. The molecule has 0 bridgehead atoms. The van der Waals surface area contributed by atoms with Crippen LogP contribution in [0.4, 0.5) is 0 Å². The SMILES string of the molecule is C=C/C=C(\C=C/C)CCC1CO1. The largest absolute Gasteiger partial charge is 0.373 e. The van der Waals surface area contributed by atoms with E-state index in [1.165, 1.54) is 5.57 Å². The molecule has 1 unspecified atom stereocenters. The molecular formula is C11H16O. The molecule has 0 aromatic carbocycles. The highest BCUT2D eigenvalue weighted by Gasteiger charge is 2.21. The molecular weight excluding hydrogens is 148 g/mol. The van der Waals surface area contributed by atoms with E-state index in [2.05, 4.69) is 24.8 Å². The summed E-state index contributed by atoms with van der Waals surface area (Å²) in [6.07, 6.45) is 10.9. The Labute approximate surface area is 74.4 Å². The van der Waals surface area contributed by atoms with Gasteiger partial charge in [-0.05, 0) is 25.3 Å². The van der Waals surface area contributed by atoms with Gasteiger partial charge in [0.2, 0.25) is 0 Å². The van der Waals surface area contributed by atoms with Crippen LogP contribution < -0.4 is 0 Å². The van der Waals surface area contributed by atoms with Crippen LogP contribution in [0.25, 0.3) is 0 Å². The van der Waals surface area contributed by atoms with Gasteiger partial charge in [0, 0.05) is 0 Å². The van der Waals surface area contributed by atoms with E-state index in [9.17, 15) is 0 Å². The van der Waals surface area contributed by atoms with Crippen molar-refractivity contribution in [3.05, 3.63) is 36.5 Å². The molecule has 1 atom stereocenters. The van der Waals surface area contributed by atoms with E-state index >= 15 is 0 Å². The van der Waals surface area contributed by atoms with E-state index in [1.807, 2.05) is 13.0 Å². The molecule has 1 aliphatic rings. The molecule has 1 saturated heterocycles. The van der Waals surface area contributed by atoms with Gasteiger partial charge in [0.1, 0.15) is 0 Å². The first-order valence-electron chi connectivity index (χ1n) is 4.42. The monoisotopic (exact) mass is 164 g/mol. The van der Waals surface area contributed by atoms with Crippen LogP contribution in [-0.2, 0) is 4.74 Å². The van der Waals surface area contributed by atoms with E-state index in [1.54, 1.807) is 0 Å². The molecule has 1 heteroatoms. The predicted octanol–water partition coefficient (Wildman–Crippen LogP) is 2.85. The van der Waals surface area contributed by atoms with Crippen LogP contribution in [0.1, 0.15) is 19.8 Å². The van der Waals surface area contributed by atoms with E-state index in [0.29, 0.717) is 6.10 Å². The summed E-state index contributed by atoms with van der Waals surface area (Å²) in [7, 11) is 0. The van der Waals surface area contributed by atoms with Gasteiger partial charge in [-0.2, -0.15) is 0 Å². The van der Waals surface area contributed by atoms with Crippen LogP contribution >= 0.6 is 0 Å². The highest BCUT2D eigenvalue weighted by molar-refractivity contribution is 5.22. The fourth-order valence-electron chi connectivity index (χ4n) is 1.15. The molecule has 0 aromatic heterocycles. The van der Waals surface area contributed by atoms with E-state index in [-0.39, 0.29) is 0 Å². The summed E-state index contributed by atoms with van der Waals surface area (Å²) in [4.78, 5) is 0. The molecule has 1 fully saturated rings. The van der Waals surface area contributed by atoms with Gasteiger partial charge in [-0.25, -0.2) is 0 Å². The average Bonchev–Trinajstić information content (AvgIpc) is 2.84. The van der Waals surface area contributed by atoms with Crippen molar-refractivity contribution >= 4 is 0 Å². The average molecular weight is 164 g/mol. The molecule has 0 aliphatic carbocycles. The van der Waals surface area contributed by atoms with Crippen molar-refractivity contribution < 1.29 is 4.74 Å². The maximum atomic E-state index is 5.14. The van der Waals surface area contributed by atoms with Crippen molar-refractivity contribution in [2.24, 2.45) is 0 Å². The Morgan fingerprint density at radius 3 is 2.92 bits per heavy atom. The van der Waals surface area contributed by atoms with Crippen molar-refractivity contribution in [2.45, 2.75) is 25.9 Å². The third-order valence-electron chi connectivity index (χ3n) is 1.87. The summed E-state index contributed by atoms with van der Waals surface area (Å²) in [5, 5.41) is 0. The van der Waals surface area contributed by atoms with Crippen molar-refractivity contribution in [1.29, 1.82) is 0 Å². The van der Waals surface area contributed by atoms with Crippen LogP contribution in [0.3, 0.4) is 0 Å². The summed E-state index contributed by atoms with van der Waals surface area (Å²) in [5.74, 6) is 0. The highest BCUT2D eigenvalue weighted by atomic mass is 16.6. The molecule has 0 saturated carbocycles. The van der Waals surface area contributed by atoms with Gasteiger partial charge in [0.15, 0.2) is 0 Å². The first-order chi connectivity index (χ1) is 5.86. The Morgan fingerprint density at radius 2 is 2.42 bits per heavy atom. The molecule has 12 heavy (non-hydrogen) atoms. The fourth-order valence-corrected chi connectivity index (χ4v) is 1.15. The van der Waals surface area contributed by atoms with E-state index in [0.717, 1.165) is 19.4 Å². The Balaban J connectivity index is 2.30. The first kappa shape index (κ1) is 9.27. The van der Waals surface area contributed by atoms with Crippen LogP contribution in [0.15, 0.2) is 36.5 Å². The zero-order valence-corrected chi connectivity index (χ0v) is 7.62. The molecule has 0 amide bonds. The van der Waals surface area contributed by atoms with E-state index in [4.69, 9.17) is 4.74 Å². The third-order valence-corrected chi connectivity index (χ3v) is 1.87. The van der Waals surface area contributed by atoms with Crippen LogP contribution in [0, 0.1) is 0 Å². The Morgan fingerprint density at radius 1 is 1.67 bits per heavy atom. The lowest BCUT2D eigenvalue weighted by molar-refractivity contribution is 0.397. The summed E-state index contributed by atoms with van der Waals surface area (Å²) < 4.78 is 5.14. The molecule has 1 heterocycles. The summed E-state index contributed by atoms with van der Waals surface area (Å²) in [6, 6.07) is 0. The number of rotatable bonds is 5. The minimum Gasteiger partial charge on any atom is -0.373 e. The lowest BCUT2D eigenvalue weighted by Crippen LogP contribution is -1.86. The first-order valence-corrected chi connectivity index (χ1v) is 4.42. The lowest BCUT2D eigenvalue weighted by atomic mass is 10.1. The molecule has 0 radical (unpaired) electrons. The number of allylic oxidation sites excluding steroid dienone is 5. The molecule has 0 aromatic rings. The quantitative estimate of drug-likeness (QED) is 0.449. The standard InChI is InChI=1S/C11H16O/c1-3-5-10(6-4-2)7-8-11-9-12-11/h3-6,11H,1,7-9H2,2H3/b6-4-,10-5+. The smallest absolute Gasteiger partial charge is 0.0813 e. The van der Waals surface area contributed by atoms with Crippen molar-refractivity contribution in [1.82, 2.24) is 0 Å². The summed E-state index contributed by atoms with van der Waals surface area (Å²) in [6.45, 7) is 6.67. The van der Waals surface area contributed by atoms with E-state index < -0.39 is 0 Å². The second-order valence-electron chi connectivity index (χ2n) is 2.97. The van der Waals surface area contributed by atoms with Crippen molar-refractivity contribution in [3.63, 3.8) is 0 Å². The van der Waals surface area contributed by atoms with Crippen molar-refractivity contribution in [3.8, 4) is 0 Å². The fraction of sp³-hybridized carbons (Fsp3) is 0.455. The van der Waals surface area contributed by atoms with Gasteiger partial charge < -0.3 is 4.74 Å². The van der Waals surface area contributed by atoms with Gasteiger partial charge in [-0.1, -0.05) is 30.9 Å². The zero-order valence-electron chi connectivity index (χ0n) is 7.62. The number of epoxide rings is 1. The maximum Gasteiger partial charge on any atom is 0.0813 e. The molecule has 1 rings (SSSR count). The van der Waals surface area contributed by atoms with Gasteiger partial charge in [-0.3, -0.25) is 0 Å². The number of hydrogen-bond donors (Lipinski definition) is 0. The molecule has 1 aliphatic heterocycles. The topological polar surface area (TPSA) is 12.5 Å². The lowest BCUT2D eigenvalue weighted by Gasteiger charge is -1.97. The van der Waals surface area contributed by atoms with Gasteiger partial charge in [0.25, 0.3) is 0 Å². The number of ether oxygens (including phenoxy) is 1. The van der Waals surface area contributed by atoms with Crippen LogP contribution in [0.5, 0.6) is 0 Å². The van der Waals surface area contributed by atoms with Gasteiger partial charge >= 0.3 is 0 Å². The minimum absolute atomic E-state index is 0.531. The normalized spacial score (nSPS) is 23.1. The Bertz CT molecular complexity index is 197. The zero-order chi connectivity index (χ0) is 8.81. The molecule has 1 nitrogen and oxygen atoms in total. The van der Waals surface area contributed by atoms with Crippen molar-refractivity contribution in [2.75, 3.05) is 6.61 Å². The molecule has 66 valence electrons. The Kier molecular flexibility index (Phi) is 3.81. The second kappa shape index (κ2) is 4.94. The number of hydrogen-bond acceptors (Lipinski definition) is 1. The minimum atomic E-state index is 0.531. The second-order valence-corrected chi connectivity index (χ2v) is 2.97. The predicted molar refractivity (Wildman–Crippen MR) is 52.1 cm³/mol. The van der Waals surface area contributed by atoms with Gasteiger partial charge in [0.05, 0.1) is 12.7 Å². The molecule has 0 spiro atoms. The van der Waals surface area contributed by atoms with Crippen LogP contribution in [-0.4, -0.2) is 12.7 Å². The highest BCUT2D eigenvalue weighted by Crippen LogP contribution is 2.19. The maximum absolute atomic E-state index is 5.14. The third kappa shape index (κ3) is 3.54. The summed E-state index contributed by atoms with van der Waals surface area (Å²) in [5.41, 5.74) is 1.34. The van der Waals surface area contributed by atoms with Crippen LogP contribution in [0.2, 0.25) is 0 Å². The summed E-state index contributed by atoms with van der Waals surface area (Å²) >= 11 is 0. The van der Waals surface area contributed by atoms with Gasteiger partial charge in [-0.15, -0.1) is 0 Å².